The second kappa shape index (κ2) is 7.78. The topological polar surface area (TPSA) is 19.7 Å². The van der Waals surface area contributed by atoms with E-state index in [1.165, 1.54) is 5.56 Å². The molecular formula is C16H23ClN3S+. The van der Waals surface area contributed by atoms with Gasteiger partial charge in [-0.05, 0) is 31.3 Å². The maximum Gasteiger partial charge on any atom is 0.169 e. The molecule has 2 N–H and O–H groups in total. The summed E-state index contributed by atoms with van der Waals surface area (Å²) in [6.45, 7) is 11.9. The van der Waals surface area contributed by atoms with E-state index in [1.807, 2.05) is 19.1 Å². The van der Waals surface area contributed by atoms with E-state index in [0.717, 1.165) is 55.0 Å². The number of rotatable bonds is 4. The van der Waals surface area contributed by atoms with Crippen LogP contribution in [0.5, 0.6) is 0 Å². The highest BCUT2D eigenvalue weighted by molar-refractivity contribution is 7.80. The lowest BCUT2D eigenvalue weighted by Crippen LogP contribution is -3.13. The maximum atomic E-state index is 6.04. The van der Waals surface area contributed by atoms with E-state index in [1.54, 1.807) is 4.90 Å². The molecule has 114 valence electrons. The summed E-state index contributed by atoms with van der Waals surface area (Å²) in [6, 6.07) is 8.14. The summed E-state index contributed by atoms with van der Waals surface area (Å²) >= 11 is 11.5. The van der Waals surface area contributed by atoms with Crippen LogP contribution in [0, 0.1) is 0 Å². The van der Waals surface area contributed by atoms with Crippen molar-refractivity contribution in [2.75, 3.05) is 32.7 Å². The van der Waals surface area contributed by atoms with Crippen molar-refractivity contribution in [3.8, 4) is 0 Å². The lowest BCUT2D eigenvalue weighted by molar-refractivity contribution is -0.917. The van der Waals surface area contributed by atoms with E-state index < -0.39 is 0 Å². The van der Waals surface area contributed by atoms with Crippen molar-refractivity contribution in [1.82, 2.24) is 10.2 Å². The Morgan fingerprint density at radius 2 is 2.14 bits per heavy atom. The first-order chi connectivity index (χ1) is 10.0. The first-order valence-electron chi connectivity index (χ1n) is 7.30. The summed E-state index contributed by atoms with van der Waals surface area (Å²) in [4.78, 5) is 3.83. The highest BCUT2D eigenvalue weighted by Crippen LogP contribution is 2.09. The van der Waals surface area contributed by atoms with Gasteiger partial charge in [0.2, 0.25) is 0 Å². The first-order valence-corrected chi connectivity index (χ1v) is 8.08. The molecule has 0 atom stereocenters. The standard InChI is InChI=1S/C16H22ClN3S/c1-13(2)11-18-16(21)20-8-6-19(7-9-20)12-14-4-3-5-15(17)10-14/h3-5,10H,1,6-9,11-12H2,2H3,(H,18,21)/p+1. The Hall–Kier alpha value is -1.10. The molecule has 0 saturated carbocycles. The van der Waals surface area contributed by atoms with E-state index in [2.05, 4.69) is 28.9 Å². The Balaban J connectivity index is 1.78. The van der Waals surface area contributed by atoms with Crippen molar-refractivity contribution >= 4 is 28.9 Å². The molecule has 1 aromatic rings. The Labute approximate surface area is 137 Å². The molecule has 1 aromatic carbocycles. The molecule has 0 bridgehead atoms. The zero-order valence-electron chi connectivity index (χ0n) is 12.5. The number of nitrogens with one attached hydrogen (secondary N) is 2. The third-order valence-electron chi connectivity index (χ3n) is 3.64. The smallest absolute Gasteiger partial charge is 0.169 e. The SMILES string of the molecule is C=C(C)CNC(=S)N1CC[NH+](Cc2cccc(Cl)c2)CC1. The summed E-state index contributed by atoms with van der Waals surface area (Å²) in [5.41, 5.74) is 2.40. The van der Waals surface area contributed by atoms with Gasteiger partial charge in [0.05, 0.1) is 26.2 Å². The molecule has 0 aliphatic carbocycles. The molecule has 1 heterocycles. The molecule has 0 amide bonds. The second-order valence-corrected chi connectivity index (χ2v) is 6.48. The average molecular weight is 325 g/mol. The third kappa shape index (κ3) is 5.30. The third-order valence-corrected chi connectivity index (χ3v) is 4.28. The predicted molar refractivity (Wildman–Crippen MR) is 92.8 cm³/mol. The van der Waals surface area contributed by atoms with Crippen molar-refractivity contribution in [2.45, 2.75) is 13.5 Å². The summed E-state index contributed by atoms with van der Waals surface area (Å²) in [5, 5.41) is 4.92. The van der Waals surface area contributed by atoms with Gasteiger partial charge in [0, 0.05) is 17.1 Å². The Kier molecular flexibility index (Phi) is 6.03. The van der Waals surface area contributed by atoms with Crippen LogP contribution in [0.1, 0.15) is 12.5 Å². The molecule has 0 aromatic heterocycles. The lowest BCUT2D eigenvalue weighted by Gasteiger charge is -2.34. The molecule has 2 rings (SSSR count). The van der Waals surface area contributed by atoms with E-state index in [0.29, 0.717) is 0 Å². The van der Waals surface area contributed by atoms with Gasteiger partial charge in [-0.3, -0.25) is 0 Å². The van der Waals surface area contributed by atoms with Crippen LogP contribution in [0.4, 0.5) is 0 Å². The number of hydrogen-bond acceptors (Lipinski definition) is 1. The van der Waals surface area contributed by atoms with E-state index in [-0.39, 0.29) is 0 Å². The first kappa shape index (κ1) is 16.3. The Bertz CT molecular complexity index is 510. The van der Waals surface area contributed by atoms with Gasteiger partial charge < -0.3 is 15.1 Å². The molecule has 1 saturated heterocycles. The highest BCUT2D eigenvalue weighted by Gasteiger charge is 2.21. The Morgan fingerprint density at radius 3 is 2.76 bits per heavy atom. The molecule has 1 fully saturated rings. The molecule has 1 aliphatic heterocycles. The van der Waals surface area contributed by atoms with Crippen LogP contribution >= 0.6 is 23.8 Å². The fourth-order valence-corrected chi connectivity index (χ4v) is 2.94. The monoisotopic (exact) mass is 324 g/mol. The molecular weight excluding hydrogens is 302 g/mol. The molecule has 0 spiro atoms. The summed E-state index contributed by atoms with van der Waals surface area (Å²) in [5.74, 6) is 0. The molecule has 0 unspecified atom stereocenters. The number of thiocarbonyl (C=S) groups is 1. The fraction of sp³-hybridized carbons (Fsp3) is 0.438. The van der Waals surface area contributed by atoms with Crippen LogP contribution in [0.2, 0.25) is 5.02 Å². The van der Waals surface area contributed by atoms with Gasteiger partial charge in [-0.2, -0.15) is 0 Å². The van der Waals surface area contributed by atoms with Crippen molar-refractivity contribution < 1.29 is 4.90 Å². The van der Waals surface area contributed by atoms with E-state index >= 15 is 0 Å². The average Bonchev–Trinajstić information content (AvgIpc) is 2.45. The van der Waals surface area contributed by atoms with Crippen LogP contribution < -0.4 is 10.2 Å². The van der Waals surface area contributed by atoms with Gasteiger partial charge >= 0.3 is 0 Å². The summed E-state index contributed by atoms with van der Waals surface area (Å²) < 4.78 is 0. The number of piperazine rings is 1. The molecule has 21 heavy (non-hydrogen) atoms. The van der Waals surface area contributed by atoms with Crippen molar-refractivity contribution in [1.29, 1.82) is 0 Å². The minimum atomic E-state index is 0.758. The van der Waals surface area contributed by atoms with Crippen molar-refractivity contribution in [3.05, 3.63) is 47.0 Å². The summed E-state index contributed by atoms with van der Waals surface area (Å²) in [6.07, 6.45) is 0. The molecule has 1 aliphatic rings. The normalized spacial score (nSPS) is 15.8. The van der Waals surface area contributed by atoms with Crippen molar-refractivity contribution in [3.63, 3.8) is 0 Å². The number of nitrogens with zero attached hydrogens (tertiary/aromatic N) is 1. The zero-order valence-corrected chi connectivity index (χ0v) is 14.1. The van der Waals surface area contributed by atoms with Crippen LogP contribution in [0.15, 0.2) is 36.4 Å². The molecule has 3 nitrogen and oxygen atoms in total. The number of halogens is 1. The lowest BCUT2D eigenvalue weighted by atomic mass is 10.2. The second-order valence-electron chi connectivity index (χ2n) is 5.66. The number of quaternary nitrogens is 1. The zero-order chi connectivity index (χ0) is 15.2. The fourth-order valence-electron chi connectivity index (χ4n) is 2.48. The molecule has 5 heteroatoms. The Morgan fingerprint density at radius 1 is 1.43 bits per heavy atom. The van der Waals surface area contributed by atoms with Gasteiger partial charge in [-0.1, -0.05) is 35.9 Å². The van der Waals surface area contributed by atoms with Gasteiger partial charge in [0.15, 0.2) is 5.11 Å². The van der Waals surface area contributed by atoms with E-state index in [9.17, 15) is 0 Å². The minimum absolute atomic E-state index is 0.758. The van der Waals surface area contributed by atoms with E-state index in [4.69, 9.17) is 23.8 Å². The maximum absolute atomic E-state index is 6.04. The van der Waals surface area contributed by atoms with Gasteiger partial charge in [-0.25, -0.2) is 0 Å². The van der Waals surface area contributed by atoms with Crippen molar-refractivity contribution in [2.24, 2.45) is 0 Å². The number of benzene rings is 1. The largest absolute Gasteiger partial charge is 0.359 e. The van der Waals surface area contributed by atoms with Crippen LogP contribution in [0.25, 0.3) is 0 Å². The summed E-state index contributed by atoms with van der Waals surface area (Å²) in [7, 11) is 0. The number of hydrogen-bond donors (Lipinski definition) is 2. The highest BCUT2D eigenvalue weighted by atomic mass is 35.5. The van der Waals surface area contributed by atoms with Gasteiger partial charge in [0.25, 0.3) is 0 Å². The molecule has 0 radical (unpaired) electrons. The van der Waals surface area contributed by atoms with Gasteiger partial charge in [0.1, 0.15) is 6.54 Å². The minimum Gasteiger partial charge on any atom is -0.359 e. The quantitative estimate of drug-likeness (QED) is 0.647. The van der Waals surface area contributed by atoms with Crippen LogP contribution in [0.3, 0.4) is 0 Å². The van der Waals surface area contributed by atoms with Crippen LogP contribution in [-0.4, -0.2) is 42.7 Å². The van der Waals surface area contributed by atoms with Crippen LogP contribution in [-0.2, 0) is 6.54 Å². The predicted octanol–water partition coefficient (Wildman–Crippen LogP) is 1.49. The van der Waals surface area contributed by atoms with Gasteiger partial charge in [-0.15, -0.1) is 0 Å².